The molecule has 0 aromatic rings. The van der Waals surface area contributed by atoms with Crippen LogP contribution in [0.15, 0.2) is 0 Å². The molecule has 0 aromatic heterocycles. The van der Waals surface area contributed by atoms with Gasteiger partial charge in [0.25, 0.3) is 0 Å². The van der Waals surface area contributed by atoms with Crippen molar-refractivity contribution in [3.63, 3.8) is 0 Å². The molecule has 1 aliphatic heterocycles. The minimum atomic E-state index is -0.406. The van der Waals surface area contributed by atoms with Crippen molar-refractivity contribution in [3.05, 3.63) is 0 Å². The summed E-state index contributed by atoms with van der Waals surface area (Å²) < 4.78 is 5.39. The molecule has 1 aliphatic rings. The lowest BCUT2D eigenvalue weighted by atomic mass is 10.1. The van der Waals surface area contributed by atoms with E-state index in [1.165, 1.54) is 0 Å². The predicted molar refractivity (Wildman–Crippen MR) is 54.8 cm³/mol. The summed E-state index contributed by atoms with van der Waals surface area (Å²) in [6.45, 7) is 5.29. The molecule has 0 saturated carbocycles. The Labute approximate surface area is 85.2 Å². The van der Waals surface area contributed by atoms with Crippen LogP contribution in [0.5, 0.6) is 0 Å². The number of ether oxygens (including phenoxy) is 1. The molecule has 1 fully saturated rings. The monoisotopic (exact) mass is 200 g/mol. The van der Waals surface area contributed by atoms with E-state index in [1.54, 1.807) is 0 Å². The highest BCUT2D eigenvalue weighted by Crippen LogP contribution is 2.10. The molecule has 1 amide bonds. The van der Waals surface area contributed by atoms with Crippen LogP contribution in [0.4, 0.5) is 0 Å². The fourth-order valence-electron chi connectivity index (χ4n) is 1.44. The molecule has 14 heavy (non-hydrogen) atoms. The number of nitrogens with one attached hydrogen (secondary N) is 1. The Morgan fingerprint density at radius 1 is 1.64 bits per heavy atom. The van der Waals surface area contributed by atoms with Gasteiger partial charge in [-0.25, -0.2) is 0 Å². The lowest BCUT2D eigenvalue weighted by Crippen LogP contribution is -2.46. The summed E-state index contributed by atoms with van der Waals surface area (Å²) in [4.78, 5) is 11.4. The molecule has 1 rings (SSSR count). The van der Waals surface area contributed by atoms with Gasteiger partial charge in [0.2, 0.25) is 5.91 Å². The molecule has 1 heterocycles. The zero-order valence-electron chi connectivity index (χ0n) is 8.95. The third-order valence-electron chi connectivity index (χ3n) is 2.55. The third-order valence-corrected chi connectivity index (χ3v) is 2.55. The van der Waals surface area contributed by atoms with E-state index >= 15 is 0 Å². The van der Waals surface area contributed by atoms with Gasteiger partial charge in [0, 0.05) is 13.2 Å². The van der Waals surface area contributed by atoms with Crippen molar-refractivity contribution in [2.75, 3.05) is 13.2 Å². The van der Waals surface area contributed by atoms with Crippen LogP contribution in [0.3, 0.4) is 0 Å². The van der Waals surface area contributed by atoms with Crippen molar-refractivity contribution in [1.82, 2.24) is 5.32 Å². The molecule has 4 nitrogen and oxygen atoms in total. The lowest BCUT2D eigenvalue weighted by molar-refractivity contribution is -0.123. The molecule has 0 radical (unpaired) electrons. The molecule has 1 saturated heterocycles. The number of rotatable bonds is 4. The summed E-state index contributed by atoms with van der Waals surface area (Å²) in [5.41, 5.74) is 5.69. The van der Waals surface area contributed by atoms with Crippen LogP contribution >= 0.6 is 0 Å². The van der Waals surface area contributed by atoms with Crippen LogP contribution in [0.25, 0.3) is 0 Å². The van der Waals surface area contributed by atoms with E-state index in [2.05, 4.69) is 5.32 Å². The fraction of sp³-hybridized carbons (Fsp3) is 0.900. The molecule has 0 aromatic carbocycles. The number of carbonyl (C=O) groups excluding carboxylic acids is 1. The number of amides is 1. The van der Waals surface area contributed by atoms with Gasteiger partial charge in [-0.1, -0.05) is 13.8 Å². The normalized spacial score (nSPS) is 23.9. The molecule has 0 unspecified atom stereocenters. The Bertz CT molecular complexity index is 189. The minimum Gasteiger partial charge on any atom is -0.376 e. The summed E-state index contributed by atoms with van der Waals surface area (Å²) in [6, 6.07) is -0.406. The molecule has 0 aliphatic carbocycles. The predicted octanol–water partition coefficient (Wildman–Crippen LogP) is 0.265. The van der Waals surface area contributed by atoms with E-state index in [0.717, 1.165) is 19.4 Å². The molecule has 0 bridgehead atoms. The van der Waals surface area contributed by atoms with Gasteiger partial charge in [-0.3, -0.25) is 4.79 Å². The quantitative estimate of drug-likeness (QED) is 0.684. The number of carbonyl (C=O) groups is 1. The van der Waals surface area contributed by atoms with Gasteiger partial charge < -0.3 is 15.8 Å². The molecular weight excluding hydrogens is 180 g/mol. The van der Waals surface area contributed by atoms with E-state index in [0.29, 0.717) is 6.54 Å². The van der Waals surface area contributed by atoms with Crippen LogP contribution in [0.1, 0.15) is 26.7 Å². The van der Waals surface area contributed by atoms with Crippen LogP contribution in [0, 0.1) is 5.92 Å². The highest BCUT2D eigenvalue weighted by molar-refractivity contribution is 5.81. The van der Waals surface area contributed by atoms with Gasteiger partial charge in [0.1, 0.15) is 0 Å². The zero-order valence-corrected chi connectivity index (χ0v) is 8.95. The number of nitrogens with two attached hydrogens (primary N) is 1. The molecule has 0 spiro atoms. The second kappa shape index (κ2) is 5.32. The van der Waals surface area contributed by atoms with E-state index < -0.39 is 6.04 Å². The van der Waals surface area contributed by atoms with Crippen LogP contribution in [0.2, 0.25) is 0 Å². The van der Waals surface area contributed by atoms with E-state index in [9.17, 15) is 4.79 Å². The first-order valence-corrected chi connectivity index (χ1v) is 5.26. The van der Waals surface area contributed by atoms with Gasteiger partial charge in [-0.2, -0.15) is 0 Å². The Balaban J connectivity index is 2.19. The largest absolute Gasteiger partial charge is 0.376 e. The van der Waals surface area contributed by atoms with Crippen LogP contribution < -0.4 is 11.1 Å². The molecular formula is C10H20N2O2. The van der Waals surface area contributed by atoms with Crippen molar-refractivity contribution < 1.29 is 9.53 Å². The average molecular weight is 200 g/mol. The Morgan fingerprint density at radius 2 is 2.36 bits per heavy atom. The van der Waals surface area contributed by atoms with Gasteiger partial charge in [0.15, 0.2) is 0 Å². The van der Waals surface area contributed by atoms with Crippen molar-refractivity contribution in [1.29, 1.82) is 0 Å². The van der Waals surface area contributed by atoms with Gasteiger partial charge >= 0.3 is 0 Å². The smallest absolute Gasteiger partial charge is 0.237 e. The first kappa shape index (κ1) is 11.5. The zero-order chi connectivity index (χ0) is 10.6. The summed E-state index contributed by atoms with van der Waals surface area (Å²) in [6.07, 6.45) is 2.33. The molecule has 4 heteroatoms. The Morgan fingerprint density at radius 3 is 2.86 bits per heavy atom. The van der Waals surface area contributed by atoms with Crippen molar-refractivity contribution in [2.24, 2.45) is 11.7 Å². The fourth-order valence-corrected chi connectivity index (χ4v) is 1.44. The summed E-state index contributed by atoms with van der Waals surface area (Å²) >= 11 is 0. The van der Waals surface area contributed by atoms with Crippen molar-refractivity contribution >= 4 is 5.91 Å². The number of hydrogen-bond acceptors (Lipinski definition) is 3. The molecule has 2 atom stereocenters. The molecule has 3 N–H and O–H groups in total. The van der Waals surface area contributed by atoms with Crippen LogP contribution in [-0.4, -0.2) is 31.2 Å². The Kier molecular flexibility index (Phi) is 4.35. The van der Waals surface area contributed by atoms with Crippen molar-refractivity contribution in [3.8, 4) is 0 Å². The van der Waals surface area contributed by atoms with Gasteiger partial charge in [-0.15, -0.1) is 0 Å². The van der Waals surface area contributed by atoms with Crippen molar-refractivity contribution in [2.45, 2.75) is 38.8 Å². The lowest BCUT2D eigenvalue weighted by Gasteiger charge is -2.17. The maximum atomic E-state index is 11.4. The second-order valence-electron chi connectivity index (χ2n) is 4.15. The van der Waals surface area contributed by atoms with E-state index in [-0.39, 0.29) is 17.9 Å². The topological polar surface area (TPSA) is 64.4 Å². The maximum absolute atomic E-state index is 11.4. The van der Waals surface area contributed by atoms with E-state index in [1.807, 2.05) is 13.8 Å². The van der Waals surface area contributed by atoms with Gasteiger partial charge in [-0.05, 0) is 18.8 Å². The summed E-state index contributed by atoms with van der Waals surface area (Å²) in [5, 5.41) is 2.82. The maximum Gasteiger partial charge on any atom is 0.237 e. The average Bonchev–Trinajstić information content (AvgIpc) is 2.65. The summed E-state index contributed by atoms with van der Waals surface area (Å²) in [7, 11) is 0. The Hall–Kier alpha value is -0.610. The third kappa shape index (κ3) is 3.27. The van der Waals surface area contributed by atoms with Gasteiger partial charge in [0.05, 0.1) is 12.1 Å². The molecule has 82 valence electrons. The SMILES string of the molecule is CC(C)[C@H](N)C(=O)NC[C@@H]1CCCO1. The summed E-state index contributed by atoms with van der Waals surface area (Å²) in [5.74, 6) is 0.106. The standard InChI is InChI=1S/C10H20N2O2/c1-7(2)9(11)10(13)12-6-8-4-3-5-14-8/h7-9H,3-6,11H2,1-2H3,(H,12,13)/t8-,9-/m0/s1. The highest BCUT2D eigenvalue weighted by Gasteiger charge is 2.20. The van der Waals surface area contributed by atoms with Crippen LogP contribution in [-0.2, 0) is 9.53 Å². The van der Waals surface area contributed by atoms with E-state index in [4.69, 9.17) is 10.5 Å². The number of hydrogen-bond donors (Lipinski definition) is 2. The first-order valence-electron chi connectivity index (χ1n) is 5.26. The second-order valence-corrected chi connectivity index (χ2v) is 4.15. The minimum absolute atomic E-state index is 0.0736. The first-order chi connectivity index (χ1) is 6.61. The highest BCUT2D eigenvalue weighted by atomic mass is 16.5.